The molecule has 0 aromatic heterocycles. The third-order valence-corrected chi connectivity index (χ3v) is 6.84. The van der Waals surface area contributed by atoms with Gasteiger partial charge in [-0.15, -0.1) is 0 Å². The van der Waals surface area contributed by atoms with Crippen LogP contribution in [0.1, 0.15) is 12.5 Å². The molecule has 1 saturated heterocycles. The molecule has 0 amide bonds. The van der Waals surface area contributed by atoms with E-state index in [1.165, 1.54) is 17.1 Å². The normalized spacial score (nSPS) is 25.9. The minimum Gasteiger partial charge on any atom is -0.316 e. The minimum absolute atomic E-state index is 0.524. The Morgan fingerprint density at radius 3 is 2.83 bits per heavy atom. The molecule has 1 nitrogen and oxygen atoms in total. The Bertz CT molecular complexity index is 386. The molecule has 0 saturated carbocycles. The van der Waals surface area contributed by atoms with Crippen LogP contribution < -0.4 is 5.32 Å². The van der Waals surface area contributed by atoms with E-state index in [0.29, 0.717) is 11.3 Å². The van der Waals surface area contributed by atoms with E-state index in [9.17, 15) is 0 Å². The molecule has 18 heavy (non-hydrogen) atoms. The van der Waals surface area contributed by atoms with E-state index in [1.54, 1.807) is 0 Å². The van der Waals surface area contributed by atoms with Crippen molar-refractivity contribution >= 4 is 35.1 Å². The lowest BCUT2D eigenvalue weighted by Crippen LogP contribution is -2.44. The minimum atomic E-state index is 0.524. The Kier molecular flexibility index (Phi) is 5.74. The smallest absolute Gasteiger partial charge is 0.0408 e. The van der Waals surface area contributed by atoms with Gasteiger partial charge in [-0.2, -0.15) is 23.5 Å². The fraction of sp³-hybridized carbons (Fsp3) is 0.571. The summed E-state index contributed by atoms with van der Waals surface area (Å²) in [5.41, 5.74) is 1.32. The predicted octanol–water partition coefficient (Wildman–Crippen LogP) is 3.71. The van der Waals surface area contributed by atoms with E-state index < -0.39 is 0 Å². The molecule has 0 aliphatic carbocycles. The molecule has 100 valence electrons. The van der Waals surface area contributed by atoms with Crippen molar-refractivity contribution in [1.82, 2.24) is 5.32 Å². The first kappa shape index (κ1) is 14.6. The summed E-state index contributed by atoms with van der Waals surface area (Å²) in [7, 11) is 2.07. The number of halogens is 1. The summed E-state index contributed by atoms with van der Waals surface area (Å²) >= 11 is 10.3. The maximum absolute atomic E-state index is 6.06. The number of hydrogen-bond acceptors (Lipinski definition) is 3. The zero-order valence-electron chi connectivity index (χ0n) is 10.9. The highest BCUT2D eigenvalue weighted by atomic mass is 35.5. The van der Waals surface area contributed by atoms with Crippen molar-refractivity contribution in [2.24, 2.45) is 0 Å². The highest BCUT2D eigenvalue weighted by molar-refractivity contribution is 8.07. The zero-order chi connectivity index (χ0) is 13.0. The largest absolute Gasteiger partial charge is 0.316 e. The first-order valence-corrected chi connectivity index (χ1v) is 8.83. The Morgan fingerprint density at radius 2 is 2.17 bits per heavy atom. The van der Waals surface area contributed by atoms with Crippen LogP contribution in [0.15, 0.2) is 24.3 Å². The highest BCUT2D eigenvalue weighted by Gasteiger charge is 2.29. The second-order valence-corrected chi connectivity index (χ2v) is 7.85. The molecule has 0 radical (unpaired) electrons. The van der Waals surface area contributed by atoms with Crippen molar-refractivity contribution < 1.29 is 0 Å². The molecule has 1 fully saturated rings. The van der Waals surface area contributed by atoms with Gasteiger partial charge in [-0.05, 0) is 31.2 Å². The lowest BCUT2D eigenvalue weighted by atomic mass is 10.0. The lowest BCUT2D eigenvalue weighted by molar-refractivity contribution is 0.531. The van der Waals surface area contributed by atoms with E-state index in [2.05, 4.69) is 54.9 Å². The summed E-state index contributed by atoms with van der Waals surface area (Å²) in [5.74, 6) is 2.56. The number of benzene rings is 1. The molecule has 1 heterocycles. The third-order valence-electron chi connectivity index (χ3n) is 3.35. The van der Waals surface area contributed by atoms with Crippen molar-refractivity contribution in [2.45, 2.75) is 29.9 Å². The van der Waals surface area contributed by atoms with Crippen molar-refractivity contribution in [3.63, 3.8) is 0 Å². The van der Waals surface area contributed by atoms with Gasteiger partial charge in [0.2, 0.25) is 0 Å². The molecule has 0 bridgehead atoms. The van der Waals surface area contributed by atoms with E-state index >= 15 is 0 Å². The number of nitrogens with one attached hydrogen (secondary N) is 1. The number of likely N-dealkylation sites (N-methyl/N-ethyl adjacent to an activating group) is 1. The molecule has 2 rings (SSSR count). The van der Waals surface area contributed by atoms with Gasteiger partial charge in [-0.1, -0.05) is 30.7 Å². The first-order valence-electron chi connectivity index (χ1n) is 6.35. The lowest BCUT2D eigenvalue weighted by Gasteiger charge is -2.34. The molecule has 4 heteroatoms. The molecule has 1 aliphatic rings. The standard InChI is InChI=1S/C14H20ClNS2/c1-10-14(18-7-6-17-10)13(16-2)9-11-4-3-5-12(15)8-11/h3-5,8,10,13-14,16H,6-7,9H2,1-2H3. The maximum atomic E-state index is 6.06. The molecule has 0 spiro atoms. The molecular formula is C14H20ClNS2. The van der Waals surface area contributed by atoms with Crippen LogP contribution in [0.4, 0.5) is 0 Å². The molecular weight excluding hydrogens is 282 g/mol. The van der Waals surface area contributed by atoms with Gasteiger partial charge in [-0.25, -0.2) is 0 Å². The summed E-state index contributed by atoms with van der Waals surface area (Å²) in [4.78, 5) is 0. The van der Waals surface area contributed by atoms with Gasteiger partial charge in [0.15, 0.2) is 0 Å². The van der Waals surface area contributed by atoms with E-state index in [0.717, 1.165) is 16.7 Å². The maximum Gasteiger partial charge on any atom is 0.0408 e. The highest BCUT2D eigenvalue weighted by Crippen LogP contribution is 2.34. The quantitative estimate of drug-likeness (QED) is 0.910. The molecule has 1 N–H and O–H groups in total. The molecule has 1 aromatic carbocycles. The predicted molar refractivity (Wildman–Crippen MR) is 86.2 cm³/mol. The van der Waals surface area contributed by atoms with Crippen molar-refractivity contribution in [3.8, 4) is 0 Å². The average Bonchev–Trinajstić information content (AvgIpc) is 2.37. The number of rotatable bonds is 4. The average molecular weight is 302 g/mol. The Balaban J connectivity index is 2.04. The Labute approximate surface area is 123 Å². The van der Waals surface area contributed by atoms with Gasteiger partial charge in [0.25, 0.3) is 0 Å². The summed E-state index contributed by atoms with van der Waals surface area (Å²) in [6, 6.07) is 8.75. The van der Waals surface area contributed by atoms with Gasteiger partial charge >= 0.3 is 0 Å². The van der Waals surface area contributed by atoms with Gasteiger partial charge < -0.3 is 5.32 Å². The van der Waals surface area contributed by atoms with Crippen molar-refractivity contribution in [2.75, 3.05) is 18.6 Å². The van der Waals surface area contributed by atoms with E-state index in [4.69, 9.17) is 11.6 Å². The van der Waals surface area contributed by atoms with Gasteiger partial charge in [0.1, 0.15) is 0 Å². The van der Waals surface area contributed by atoms with Crippen LogP contribution in [0, 0.1) is 0 Å². The van der Waals surface area contributed by atoms with Crippen LogP contribution in [-0.4, -0.2) is 35.1 Å². The number of hydrogen-bond donors (Lipinski definition) is 1. The van der Waals surface area contributed by atoms with Gasteiger partial charge in [0, 0.05) is 33.1 Å². The van der Waals surface area contributed by atoms with Crippen LogP contribution in [0.25, 0.3) is 0 Å². The van der Waals surface area contributed by atoms with Crippen LogP contribution in [0.5, 0.6) is 0 Å². The molecule has 1 aromatic rings. The van der Waals surface area contributed by atoms with Gasteiger partial charge in [0.05, 0.1) is 0 Å². The van der Waals surface area contributed by atoms with Crippen LogP contribution in [0.3, 0.4) is 0 Å². The van der Waals surface area contributed by atoms with Crippen molar-refractivity contribution in [3.05, 3.63) is 34.9 Å². The SMILES string of the molecule is CNC(Cc1cccc(Cl)c1)C1SCCSC1C. The summed E-state index contributed by atoms with van der Waals surface area (Å²) in [5, 5.41) is 5.74. The summed E-state index contributed by atoms with van der Waals surface area (Å²) < 4.78 is 0. The fourth-order valence-corrected chi connectivity index (χ4v) is 5.61. The Morgan fingerprint density at radius 1 is 1.39 bits per heavy atom. The van der Waals surface area contributed by atoms with E-state index in [-0.39, 0.29) is 0 Å². The third kappa shape index (κ3) is 3.83. The Hall–Kier alpha value is 0.170. The van der Waals surface area contributed by atoms with Crippen molar-refractivity contribution in [1.29, 1.82) is 0 Å². The zero-order valence-corrected chi connectivity index (χ0v) is 13.2. The summed E-state index contributed by atoms with van der Waals surface area (Å²) in [6.45, 7) is 2.35. The van der Waals surface area contributed by atoms with E-state index in [1.807, 2.05) is 12.1 Å². The monoisotopic (exact) mass is 301 g/mol. The second kappa shape index (κ2) is 7.09. The molecule has 1 aliphatic heterocycles. The van der Waals surface area contributed by atoms with Crippen LogP contribution in [0.2, 0.25) is 5.02 Å². The molecule has 3 atom stereocenters. The van der Waals surface area contributed by atoms with Gasteiger partial charge in [-0.3, -0.25) is 0 Å². The fourth-order valence-electron chi connectivity index (χ4n) is 2.39. The topological polar surface area (TPSA) is 12.0 Å². The summed E-state index contributed by atoms with van der Waals surface area (Å²) in [6.07, 6.45) is 1.06. The number of thioether (sulfide) groups is 2. The van der Waals surface area contributed by atoms with Crippen LogP contribution in [-0.2, 0) is 6.42 Å². The second-order valence-electron chi connectivity index (χ2n) is 4.64. The first-order chi connectivity index (χ1) is 8.70. The molecule has 3 unspecified atom stereocenters. The van der Waals surface area contributed by atoms with Crippen LogP contribution >= 0.6 is 35.1 Å².